The van der Waals surface area contributed by atoms with E-state index in [1.807, 2.05) is 31.2 Å². The molecule has 0 saturated carbocycles. The van der Waals surface area contributed by atoms with E-state index < -0.39 is 11.7 Å². The van der Waals surface area contributed by atoms with Gasteiger partial charge in [-0.3, -0.25) is 9.69 Å². The number of ketones is 1. The fourth-order valence-corrected chi connectivity index (χ4v) is 3.29. The van der Waals surface area contributed by atoms with Gasteiger partial charge in [0.1, 0.15) is 17.1 Å². The van der Waals surface area contributed by atoms with Gasteiger partial charge in [-0.2, -0.15) is 0 Å². The first-order valence-electron chi connectivity index (χ1n) is 10.8. The van der Waals surface area contributed by atoms with Gasteiger partial charge in [-0.15, -0.1) is 0 Å². The van der Waals surface area contributed by atoms with Crippen molar-refractivity contribution in [1.29, 1.82) is 5.41 Å². The van der Waals surface area contributed by atoms with Crippen LogP contribution in [0.15, 0.2) is 48.5 Å². The summed E-state index contributed by atoms with van der Waals surface area (Å²) < 4.78 is 5.54. The maximum Gasteiger partial charge on any atom is 0.414 e. The lowest BCUT2D eigenvalue weighted by Crippen LogP contribution is -2.34. The summed E-state index contributed by atoms with van der Waals surface area (Å²) in [6, 6.07) is 14.4. The molecular formula is C26H29N5O3. The Hall–Kier alpha value is -4.07. The first-order valence-corrected chi connectivity index (χ1v) is 10.8. The number of nitrogens with zero attached hydrogens (tertiary/aromatic N) is 3. The minimum Gasteiger partial charge on any atom is -0.443 e. The molecule has 2 N–H and O–H groups in total. The van der Waals surface area contributed by atoms with Crippen LogP contribution in [0, 0.1) is 12.3 Å². The average Bonchev–Trinajstić information content (AvgIpc) is 2.77. The lowest BCUT2D eigenvalue weighted by Gasteiger charge is -2.27. The van der Waals surface area contributed by atoms with Gasteiger partial charge in [0.15, 0.2) is 5.78 Å². The molecule has 2 heterocycles. The van der Waals surface area contributed by atoms with E-state index in [-0.39, 0.29) is 5.78 Å². The Morgan fingerprint density at radius 2 is 1.79 bits per heavy atom. The van der Waals surface area contributed by atoms with E-state index in [0.29, 0.717) is 39.7 Å². The van der Waals surface area contributed by atoms with E-state index in [4.69, 9.17) is 10.1 Å². The molecule has 0 fully saturated rings. The fourth-order valence-electron chi connectivity index (χ4n) is 3.29. The lowest BCUT2D eigenvalue weighted by molar-refractivity contribution is 0.0589. The largest absolute Gasteiger partial charge is 0.443 e. The van der Waals surface area contributed by atoms with E-state index in [1.165, 1.54) is 18.0 Å². The number of rotatable bonds is 6. The molecule has 34 heavy (non-hydrogen) atoms. The van der Waals surface area contributed by atoms with Crippen LogP contribution in [0.4, 0.5) is 22.0 Å². The topological polar surface area (TPSA) is 108 Å². The molecule has 0 aliphatic heterocycles. The van der Waals surface area contributed by atoms with Crippen molar-refractivity contribution < 1.29 is 14.3 Å². The van der Waals surface area contributed by atoms with Crippen molar-refractivity contribution in [2.75, 3.05) is 17.3 Å². The number of aromatic nitrogens is 2. The van der Waals surface area contributed by atoms with Gasteiger partial charge in [0, 0.05) is 37.0 Å². The molecule has 3 rings (SSSR count). The molecule has 3 aromatic rings. The van der Waals surface area contributed by atoms with Gasteiger partial charge < -0.3 is 15.5 Å². The van der Waals surface area contributed by atoms with Crippen molar-refractivity contribution in [1.82, 2.24) is 9.97 Å². The molecule has 1 aromatic carbocycles. The third kappa shape index (κ3) is 5.83. The SMILES string of the molecule is CC(=O)c1cccc(-c2cc(Nc3cccc(C)n3)c(C=N)c(N(C)C(=O)OC(C)(C)C)c2)n1. The van der Waals surface area contributed by atoms with E-state index in [9.17, 15) is 9.59 Å². The number of carbonyl (C=O) groups excluding carboxylic acids is 2. The third-order valence-corrected chi connectivity index (χ3v) is 4.89. The summed E-state index contributed by atoms with van der Waals surface area (Å²) in [4.78, 5) is 35.1. The summed E-state index contributed by atoms with van der Waals surface area (Å²) in [6.07, 6.45) is 0.621. The van der Waals surface area contributed by atoms with Crippen LogP contribution in [0.3, 0.4) is 0 Å². The number of anilines is 3. The van der Waals surface area contributed by atoms with Crippen molar-refractivity contribution in [3.05, 3.63) is 65.5 Å². The molecule has 1 amide bonds. The zero-order valence-electron chi connectivity index (χ0n) is 20.3. The Morgan fingerprint density at radius 1 is 1.09 bits per heavy atom. The number of aryl methyl sites for hydroxylation is 1. The van der Waals surface area contributed by atoms with Gasteiger partial charge in [-0.1, -0.05) is 12.1 Å². The monoisotopic (exact) mass is 459 g/mol. The van der Waals surface area contributed by atoms with Crippen LogP contribution >= 0.6 is 0 Å². The number of nitrogens with one attached hydrogen (secondary N) is 2. The van der Waals surface area contributed by atoms with E-state index in [0.717, 1.165) is 5.69 Å². The van der Waals surface area contributed by atoms with Crippen LogP contribution in [0.2, 0.25) is 0 Å². The Kier molecular flexibility index (Phi) is 7.10. The van der Waals surface area contributed by atoms with Gasteiger partial charge in [0.05, 0.1) is 17.1 Å². The van der Waals surface area contributed by atoms with Crippen molar-refractivity contribution in [2.45, 2.75) is 40.2 Å². The molecular weight excluding hydrogens is 430 g/mol. The molecule has 0 atom stereocenters. The van der Waals surface area contributed by atoms with Crippen LogP contribution in [-0.2, 0) is 4.74 Å². The van der Waals surface area contributed by atoms with Gasteiger partial charge in [-0.05, 0) is 64.1 Å². The quantitative estimate of drug-likeness (QED) is 0.358. The number of Topliss-reactive ketones (excluding diaryl/α,β-unsaturated/α-hetero) is 1. The average molecular weight is 460 g/mol. The van der Waals surface area contributed by atoms with Gasteiger partial charge in [0.2, 0.25) is 0 Å². The number of hydrogen-bond acceptors (Lipinski definition) is 7. The standard InChI is InChI=1S/C26H29N5O3/c1-16-9-7-12-24(28-16)30-22-13-18(21-11-8-10-20(29-21)17(2)32)14-23(19(22)15-27)31(6)25(33)34-26(3,4)5/h7-15,27H,1-6H3,(H,28,30). The van der Waals surface area contributed by atoms with Crippen LogP contribution in [0.25, 0.3) is 11.3 Å². The normalized spacial score (nSPS) is 11.0. The minimum absolute atomic E-state index is 0.147. The Bertz CT molecular complexity index is 1250. The molecule has 8 heteroatoms. The van der Waals surface area contributed by atoms with E-state index in [2.05, 4.69) is 15.3 Å². The fraction of sp³-hybridized carbons (Fsp3) is 0.269. The highest BCUT2D eigenvalue weighted by atomic mass is 16.6. The summed E-state index contributed by atoms with van der Waals surface area (Å²) >= 11 is 0. The Morgan fingerprint density at radius 3 is 2.41 bits per heavy atom. The number of hydrogen-bond donors (Lipinski definition) is 2. The van der Waals surface area contributed by atoms with Gasteiger partial charge >= 0.3 is 6.09 Å². The van der Waals surface area contributed by atoms with E-state index >= 15 is 0 Å². The van der Waals surface area contributed by atoms with Crippen molar-refractivity contribution in [3.8, 4) is 11.3 Å². The van der Waals surface area contributed by atoms with Crippen molar-refractivity contribution >= 4 is 35.3 Å². The zero-order chi connectivity index (χ0) is 25.0. The Labute approximate surface area is 199 Å². The Balaban J connectivity index is 2.19. The molecule has 0 aliphatic rings. The molecule has 0 saturated heterocycles. The highest BCUT2D eigenvalue weighted by molar-refractivity contribution is 6.02. The molecule has 0 aliphatic carbocycles. The lowest BCUT2D eigenvalue weighted by atomic mass is 10.0. The number of ether oxygens (including phenoxy) is 1. The van der Waals surface area contributed by atoms with Crippen LogP contribution < -0.4 is 10.2 Å². The van der Waals surface area contributed by atoms with E-state index in [1.54, 1.807) is 52.1 Å². The molecule has 8 nitrogen and oxygen atoms in total. The van der Waals surface area contributed by atoms with Crippen LogP contribution in [-0.4, -0.2) is 40.7 Å². The third-order valence-electron chi connectivity index (χ3n) is 4.89. The zero-order valence-corrected chi connectivity index (χ0v) is 20.3. The molecule has 0 bridgehead atoms. The second-order valence-electron chi connectivity index (χ2n) is 8.89. The van der Waals surface area contributed by atoms with Crippen LogP contribution in [0.1, 0.15) is 49.4 Å². The molecule has 2 aromatic heterocycles. The highest BCUT2D eigenvalue weighted by Crippen LogP contribution is 2.34. The second-order valence-corrected chi connectivity index (χ2v) is 8.89. The number of carbonyl (C=O) groups is 2. The number of pyridine rings is 2. The second kappa shape index (κ2) is 9.82. The molecule has 0 spiro atoms. The summed E-state index contributed by atoms with van der Waals surface area (Å²) in [7, 11) is 1.59. The summed E-state index contributed by atoms with van der Waals surface area (Å²) in [5, 5.41) is 11.3. The predicted molar refractivity (Wildman–Crippen MR) is 134 cm³/mol. The highest BCUT2D eigenvalue weighted by Gasteiger charge is 2.24. The smallest absolute Gasteiger partial charge is 0.414 e. The van der Waals surface area contributed by atoms with Gasteiger partial charge in [-0.25, -0.2) is 14.8 Å². The summed E-state index contributed by atoms with van der Waals surface area (Å²) in [6.45, 7) is 8.72. The van der Waals surface area contributed by atoms with Crippen molar-refractivity contribution in [3.63, 3.8) is 0 Å². The minimum atomic E-state index is -0.683. The summed E-state index contributed by atoms with van der Waals surface area (Å²) in [5.41, 5.74) is 3.20. The van der Waals surface area contributed by atoms with Gasteiger partial charge in [0.25, 0.3) is 0 Å². The first kappa shape index (κ1) is 24.6. The number of amides is 1. The predicted octanol–water partition coefficient (Wildman–Crippen LogP) is 5.77. The molecule has 0 radical (unpaired) electrons. The molecule has 176 valence electrons. The maximum absolute atomic E-state index is 12.9. The number of benzene rings is 1. The maximum atomic E-state index is 12.9. The molecule has 0 unspecified atom stereocenters. The van der Waals surface area contributed by atoms with Crippen molar-refractivity contribution in [2.24, 2.45) is 0 Å². The summed E-state index contributed by atoms with van der Waals surface area (Å²) in [5.74, 6) is 0.447. The van der Waals surface area contributed by atoms with Crippen LogP contribution in [0.5, 0.6) is 0 Å². The first-order chi connectivity index (χ1) is 16.0.